The Morgan fingerprint density at radius 2 is 2.35 bits per heavy atom. The summed E-state index contributed by atoms with van der Waals surface area (Å²) in [5.41, 5.74) is 2.29. The lowest BCUT2D eigenvalue weighted by Crippen LogP contribution is -2.26. The summed E-state index contributed by atoms with van der Waals surface area (Å²) in [6.07, 6.45) is 4.11. The Morgan fingerprint density at radius 3 is 3.06 bits per heavy atom. The van der Waals surface area contributed by atoms with Crippen LogP contribution in [0.2, 0.25) is 0 Å². The molecule has 0 unspecified atom stereocenters. The molecule has 2 N–H and O–H groups in total. The van der Waals surface area contributed by atoms with E-state index in [1.54, 1.807) is 18.6 Å². The van der Waals surface area contributed by atoms with Crippen LogP contribution in [0.5, 0.6) is 0 Å². The van der Waals surface area contributed by atoms with Gasteiger partial charge in [0.25, 0.3) is 5.91 Å². The van der Waals surface area contributed by atoms with E-state index < -0.39 is 0 Å². The van der Waals surface area contributed by atoms with E-state index in [9.17, 15) is 4.79 Å². The maximum absolute atomic E-state index is 11.7. The summed E-state index contributed by atoms with van der Waals surface area (Å²) < 4.78 is 0. The van der Waals surface area contributed by atoms with Crippen molar-refractivity contribution in [3.63, 3.8) is 0 Å². The number of hydrogen-bond donors (Lipinski definition) is 2. The fraction of sp³-hybridized carbons (Fsp3) is 0.250. The topological polar surface area (TPSA) is 70.7 Å². The number of hydrogen-bond acceptors (Lipinski definition) is 3. The highest BCUT2D eigenvalue weighted by Gasteiger charge is 2.06. The van der Waals surface area contributed by atoms with Crippen LogP contribution in [0.4, 0.5) is 0 Å². The van der Waals surface area contributed by atoms with Gasteiger partial charge in [0, 0.05) is 30.6 Å². The number of aromatic nitrogens is 3. The smallest absolute Gasteiger partial charge is 0.269 e. The van der Waals surface area contributed by atoms with Gasteiger partial charge in [-0.25, -0.2) is 9.97 Å². The second-order valence-corrected chi connectivity index (χ2v) is 3.75. The number of aryl methyl sites for hydroxylation is 1. The molecule has 0 saturated carbocycles. The molecular formula is C12H14N4O. The molecule has 1 amide bonds. The van der Waals surface area contributed by atoms with E-state index in [-0.39, 0.29) is 5.91 Å². The maximum atomic E-state index is 11.7. The van der Waals surface area contributed by atoms with Gasteiger partial charge in [-0.2, -0.15) is 0 Å². The van der Waals surface area contributed by atoms with Crippen LogP contribution in [0.1, 0.15) is 21.9 Å². The molecule has 17 heavy (non-hydrogen) atoms. The van der Waals surface area contributed by atoms with Crippen molar-refractivity contribution >= 4 is 5.91 Å². The first-order chi connectivity index (χ1) is 8.25. The number of H-pyrrole nitrogens is 1. The van der Waals surface area contributed by atoms with Gasteiger partial charge >= 0.3 is 0 Å². The number of carbonyl (C=O) groups excluding carboxylic acids is 1. The second kappa shape index (κ2) is 5.25. The summed E-state index contributed by atoms with van der Waals surface area (Å²) in [4.78, 5) is 22.8. The third kappa shape index (κ3) is 3.14. The molecule has 0 bridgehead atoms. The predicted molar refractivity (Wildman–Crippen MR) is 63.6 cm³/mol. The minimum Gasteiger partial charge on any atom is -0.350 e. The molecule has 0 fully saturated rings. The fourth-order valence-electron chi connectivity index (χ4n) is 1.49. The zero-order valence-electron chi connectivity index (χ0n) is 9.60. The molecule has 0 spiro atoms. The molecule has 2 rings (SSSR count). The number of rotatable bonds is 4. The highest BCUT2D eigenvalue weighted by Crippen LogP contribution is 1.98. The van der Waals surface area contributed by atoms with Crippen molar-refractivity contribution in [2.24, 2.45) is 0 Å². The first kappa shape index (κ1) is 11.3. The van der Waals surface area contributed by atoms with E-state index in [2.05, 4.69) is 20.3 Å². The number of aromatic amines is 1. The van der Waals surface area contributed by atoms with Crippen molar-refractivity contribution in [2.75, 3.05) is 6.54 Å². The number of carbonyl (C=O) groups is 1. The molecule has 0 aliphatic carbocycles. The zero-order chi connectivity index (χ0) is 12.1. The third-order valence-electron chi connectivity index (χ3n) is 2.36. The SMILES string of the molecule is Cc1cccc(C(=O)NCCc2cnc[nH]2)n1. The van der Waals surface area contributed by atoms with Crippen molar-refractivity contribution in [3.8, 4) is 0 Å². The van der Waals surface area contributed by atoms with Crippen LogP contribution >= 0.6 is 0 Å². The third-order valence-corrected chi connectivity index (χ3v) is 2.36. The van der Waals surface area contributed by atoms with Crippen molar-refractivity contribution in [3.05, 3.63) is 47.8 Å². The lowest BCUT2D eigenvalue weighted by atomic mass is 10.3. The maximum Gasteiger partial charge on any atom is 0.269 e. The Morgan fingerprint density at radius 1 is 1.47 bits per heavy atom. The minimum absolute atomic E-state index is 0.145. The number of nitrogens with zero attached hydrogens (tertiary/aromatic N) is 2. The van der Waals surface area contributed by atoms with Gasteiger partial charge in [0.15, 0.2) is 0 Å². The van der Waals surface area contributed by atoms with Crippen molar-refractivity contribution in [2.45, 2.75) is 13.3 Å². The molecule has 5 heteroatoms. The number of imidazole rings is 1. The van der Waals surface area contributed by atoms with Crippen LogP contribution in [0.3, 0.4) is 0 Å². The number of pyridine rings is 1. The molecule has 0 aliphatic rings. The van der Waals surface area contributed by atoms with Gasteiger partial charge in [0.2, 0.25) is 0 Å². The summed E-state index contributed by atoms with van der Waals surface area (Å²) in [7, 11) is 0. The summed E-state index contributed by atoms with van der Waals surface area (Å²) >= 11 is 0. The molecule has 0 radical (unpaired) electrons. The predicted octanol–water partition coefficient (Wildman–Crippen LogP) is 1.09. The molecule has 2 aromatic heterocycles. The first-order valence-corrected chi connectivity index (χ1v) is 5.45. The highest BCUT2D eigenvalue weighted by molar-refractivity contribution is 5.92. The monoisotopic (exact) mass is 230 g/mol. The van der Waals surface area contributed by atoms with E-state index in [1.807, 2.05) is 19.1 Å². The van der Waals surface area contributed by atoms with Crippen LogP contribution in [0.25, 0.3) is 0 Å². The average Bonchev–Trinajstić information content (AvgIpc) is 2.82. The molecule has 88 valence electrons. The largest absolute Gasteiger partial charge is 0.350 e. The molecule has 0 atom stereocenters. The van der Waals surface area contributed by atoms with Crippen LogP contribution in [0, 0.1) is 6.92 Å². The molecule has 0 saturated heterocycles. The fourth-order valence-corrected chi connectivity index (χ4v) is 1.49. The van der Waals surface area contributed by atoms with Gasteiger partial charge in [0.05, 0.1) is 6.33 Å². The van der Waals surface area contributed by atoms with Crippen LogP contribution in [-0.4, -0.2) is 27.4 Å². The number of amides is 1. The Kier molecular flexibility index (Phi) is 3.49. The van der Waals surface area contributed by atoms with E-state index in [4.69, 9.17) is 0 Å². The molecule has 2 heterocycles. The van der Waals surface area contributed by atoms with Crippen molar-refractivity contribution < 1.29 is 4.79 Å². The van der Waals surface area contributed by atoms with E-state index in [1.165, 1.54) is 0 Å². The quantitative estimate of drug-likeness (QED) is 0.825. The van der Waals surface area contributed by atoms with Crippen molar-refractivity contribution in [1.29, 1.82) is 0 Å². The van der Waals surface area contributed by atoms with E-state index in [0.29, 0.717) is 12.2 Å². The highest BCUT2D eigenvalue weighted by atomic mass is 16.1. The van der Waals surface area contributed by atoms with Gasteiger partial charge in [-0.15, -0.1) is 0 Å². The Balaban J connectivity index is 1.85. The normalized spacial score (nSPS) is 10.2. The lowest BCUT2D eigenvalue weighted by molar-refractivity contribution is 0.0949. The second-order valence-electron chi connectivity index (χ2n) is 3.75. The zero-order valence-corrected chi connectivity index (χ0v) is 9.60. The van der Waals surface area contributed by atoms with Gasteiger partial charge in [-0.1, -0.05) is 6.07 Å². The Labute approximate surface area is 99.3 Å². The van der Waals surface area contributed by atoms with Crippen molar-refractivity contribution in [1.82, 2.24) is 20.3 Å². The Hall–Kier alpha value is -2.17. The van der Waals surface area contributed by atoms with E-state index >= 15 is 0 Å². The average molecular weight is 230 g/mol. The molecular weight excluding hydrogens is 216 g/mol. The van der Waals surface area contributed by atoms with Crippen LogP contribution in [0.15, 0.2) is 30.7 Å². The van der Waals surface area contributed by atoms with Crippen LogP contribution < -0.4 is 5.32 Å². The van der Waals surface area contributed by atoms with Gasteiger partial charge in [-0.05, 0) is 19.1 Å². The summed E-state index contributed by atoms with van der Waals surface area (Å²) in [6.45, 7) is 2.43. The van der Waals surface area contributed by atoms with Gasteiger partial charge in [0.1, 0.15) is 5.69 Å². The molecule has 0 aromatic carbocycles. The first-order valence-electron chi connectivity index (χ1n) is 5.45. The minimum atomic E-state index is -0.145. The number of nitrogens with one attached hydrogen (secondary N) is 2. The van der Waals surface area contributed by atoms with Gasteiger partial charge in [-0.3, -0.25) is 4.79 Å². The standard InChI is InChI=1S/C12H14N4O/c1-9-3-2-4-11(16-9)12(17)14-6-5-10-7-13-8-15-10/h2-4,7-8H,5-6H2,1H3,(H,13,15)(H,14,17). The molecule has 5 nitrogen and oxygen atoms in total. The Bertz CT molecular complexity index is 493. The van der Waals surface area contributed by atoms with Crippen LogP contribution in [-0.2, 0) is 6.42 Å². The summed E-state index contributed by atoms with van der Waals surface area (Å²) in [5, 5.41) is 2.82. The van der Waals surface area contributed by atoms with Gasteiger partial charge < -0.3 is 10.3 Å². The summed E-state index contributed by atoms with van der Waals surface area (Å²) in [6, 6.07) is 5.39. The molecule has 2 aromatic rings. The van der Waals surface area contributed by atoms with E-state index in [0.717, 1.165) is 17.8 Å². The summed E-state index contributed by atoms with van der Waals surface area (Å²) in [5.74, 6) is -0.145. The lowest BCUT2D eigenvalue weighted by Gasteiger charge is -2.04. The molecule has 0 aliphatic heterocycles.